The van der Waals surface area contributed by atoms with Crippen LogP contribution in [0.5, 0.6) is 11.5 Å². The molecule has 0 saturated carbocycles. The number of hydrogen-bond donors (Lipinski definition) is 3. The van der Waals surface area contributed by atoms with Crippen molar-refractivity contribution in [2.24, 2.45) is 5.92 Å². The highest BCUT2D eigenvalue weighted by Gasteiger charge is 2.35. The lowest BCUT2D eigenvalue weighted by atomic mass is 9.99. The zero-order chi connectivity index (χ0) is 29.7. The Hall–Kier alpha value is -3.81. The first-order valence-electron chi connectivity index (χ1n) is 13.0. The Kier molecular flexibility index (Phi) is 9.41. The number of hydrogen-bond acceptors (Lipinski definition) is 8. The highest BCUT2D eigenvalue weighted by Crippen LogP contribution is 2.36. The number of para-hydroxylation sites is 1. The Bertz CT molecular complexity index is 1460. The minimum absolute atomic E-state index is 0.0632. The van der Waals surface area contributed by atoms with Gasteiger partial charge < -0.3 is 29.7 Å². The number of carbonyl (C=O) groups is 2. The number of anilines is 2. The van der Waals surface area contributed by atoms with Gasteiger partial charge >= 0.3 is 6.03 Å². The van der Waals surface area contributed by atoms with Crippen molar-refractivity contribution in [2.45, 2.75) is 30.2 Å². The van der Waals surface area contributed by atoms with Gasteiger partial charge in [-0.3, -0.25) is 9.52 Å². The van der Waals surface area contributed by atoms with Crippen LogP contribution in [0.3, 0.4) is 0 Å². The van der Waals surface area contributed by atoms with Crippen molar-refractivity contribution in [1.29, 1.82) is 0 Å². The van der Waals surface area contributed by atoms with Gasteiger partial charge in [-0.05, 0) is 54.8 Å². The van der Waals surface area contributed by atoms with Crippen LogP contribution in [0, 0.1) is 5.92 Å². The Labute approximate surface area is 243 Å². The fourth-order valence-electron chi connectivity index (χ4n) is 4.40. The molecule has 1 aliphatic heterocycles. The number of rotatable bonds is 9. The summed E-state index contributed by atoms with van der Waals surface area (Å²) in [6.45, 7) is 3.75. The third-order valence-corrected chi connectivity index (χ3v) is 9.60. The lowest BCUT2D eigenvalue weighted by Crippen LogP contribution is -2.50. The van der Waals surface area contributed by atoms with Crippen LogP contribution in [0.25, 0.3) is 0 Å². The Morgan fingerprint density at radius 2 is 1.95 bits per heavy atom. The summed E-state index contributed by atoms with van der Waals surface area (Å²) in [7, 11) is -0.759. The smallest absolute Gasteiger partial charge is 0.321 e. The number of thiophene rings is 1. The van der Waals surface area contributed by atoms with Crippen LogP contribution in [0.2, 0.25) is 0 Å². The molecular formula is C28H34N4O7S2. The van der Waals surface area contributed by atoms with E-state index in [0.29, 0.717) is 11.4 Å². The summed E-state index contributed by atoms with van der Waals surface area (Å²) in [5, 5.41) is 14.4. The van der Waals surface area contributed by atoms with Crippen LogP contribution in [0.15, 0.2) is 64.2 Å². The molecule has 0 fully saturated rings. The zero-order valence-electron chi connectivity index (χ0n) is 23.2. The minimum atomic E-state index is -3.94. The number of aliphatic hydroxyl groups is 1. The number of likely N-dealkylation sites (N-methyl/N-ethyl adjacent to an activating group) is 1. The normalized spacial score (nSPS) is 17.9. The van der Waals surface area contributed by atoms with E-state index in [1.54, 1.807) is 73.8 Å². The number of fused-ring (bicyclic) bond motifs is 1. The SMILES string of the molecule is COc1ccc(NC(=O)N(C)C[C@H]2Oc3c(NS(=O)(=O)c4cccs4)cccc3C(=O)N([C@H](C)CO)C[C@@H]2C)cc1. The van der Waals surface area contributed by atoms with Crippen LogP contribution in [0.1, 0.15) is 24.2 Å². The molecule has 3 atom stereocenters. The van der Waals surface area contributed by atoms with E-state index in [1.165, 1.54) is 17.0 Å². The Morgan fingerprint density at radius 3 is 2.59 bits per heavy atom. The van der Waals surface area contributed by atoms with Gasteiger partial charge in [0, 0.05) is 25.2 Å². The molecule has 0 unspecified atom stereocenters. The second-order valence-corrected chi connectivity index (χ2v) is 12.7. The molecule has 0 spiro atoms. The van der Waals surface area contributed by atoms with Gasteiger partial charge in [-0.1, -0.05) is 19.1 Å². The molecule has 11 nitrogen and oxygen atoms in total. The number of nitrogens with zero attached hydrogens (tertiary/aromatic N) is 2. The third kappa shape index (κ3) is 6.92. The van der Waals surface area contributed by atoms with Gasteiger partial charge in [0.1, 0.15) is 16.1 Å². The summed E-state index contributed by atoms with van der Waals surface area (Å²) in [4.78, 5) is 29.7. The highest BCUT2D eigenvalue weighted by molar-refractivity contribution is 7.94. The van der Waals surface area contributed by atoms with Gasteiger partial charge in [0.15, 0.2) is 5.75 Å². The molecule has 3 amide bonds. The van der Waals surface area contributed by atoms with E-state index in [9.17, 15) is 23.1 Å². The van der Waals surface area contributed by atoms with Crippen molar-refractivity contribution in [3.05, 3.63) is 65.5 Å². The van der Waals surface area contributed by atoms with Crippen molar-refractivity contribution in [3.8, 4) is 11.5 Å². The first kappa shape index (κ1) is 30.2. The summed E-state index contributed by atoms with van der Waals surface area (Å²) >= 11 is 1.06. The summed E-state index contributed by atoms with van der Waals surface area (Å²) in [5.74, 6) is 0.0377. The number of benzene rings is 2. The predicted octanol–water partition coefficient (Wildman–Crippen LogP) is 3.94. The molecule has 1 aromatic heterocycles. The average molecular weight is 603 g/mol. The monoisotopic (exact) mass is 602 g/mol. The molecule has 220 valence electrons. The number of sulfonamides is 1. The molecule has 0 aliphatic carbocycles. The fourth-order valence-corrected chi connectivity index (χ4v) is 6.45. The van der Waals surface area contributed by atoms with E-state index in [4.69, 9.17) is 9.47 Å². The van der Waals surface area contributed by atoms with E-state index in [2.05, 4.69) is 10.0 Å². The maximum atomic E-state index is 13.6. The van der Waals surface area contributed by atoms with Gasteiger partial charge in [0.2, 0.25) is 0 Å². The van der Waals surface area contributed by atoms with E-state index < -0.39 is 28.1 Å². The molecule has 3 N–H and O–H groups in total. The molecule has 13 heteroatoms. The van der Waals surface area contributed by atoms with Crippen LogP contribution in [0.4, 0.5) is 16.2 Å². The maximum absolute atomic E-state index is 13.6. The molecule has 0 bridgehead atoms. The van der Waals surface area contributed by atoms with E-state index in [1.807, 2.05) is 6.92 Å². The standard InChI is InChI=1S/C28H34N4O7S2/c1-18-15-32(19(2)17-33)27(34)22-7-5-8-23(30-41(36,37)25-9-6-14-40-25)26(22)39-24(18)16-31(3)28(35)29-20-10-12-21(38-4)13-11-20/h5-14,18-19,24,30,33H,15-17H2,1-4H3,(H,29,35)/t18-,19+,24+/m0/s1. The van der Waals surface area contributed by atoms with E-state index in [-0.39, 0.29) is 52.9 Å². The van der Waals surface area contributed by atoms with Gasteiger partial charge in [0.05, 0.1) is 37.6 Å². The van der Waals surface area contributed by atoms with Crippen molar-refractivity contribution < 1.29 is 32.6 Å². The quantitative estimate of drug-likeness (QED) is 0.337. The number of methoxy groups -OCH3 is 1. The molecule has 41 heavy (non-hydrogen) atoms. The molecule has 1 aliphatic rings. The highest BCUT2D eigenvalue weighted by atomic mass is 32.2. The van der Waals surface area contributed by atoms with Gasteiger partial charge in [0.25, 0.3) is 15.9 Å². The largest absolute Gasteiger partial charge is 0.497 e. The minimum Gasteiger partial charge on any atom is -0.497 e. The van der Waals surface area contributed by atoms with Crippen molar-refractivity contribution in [3.63, 3.8) is 0 Å². The van der Waals surface area contributed by atoms with Crippen LogP contribution in [-0.2, 0) is 10.0 Å². The van der Waals surface area contributed by atoms with Crippen molar-refractivity contribution >= 4 is 44.7 Å². The Balaban J connectivity index is 1.65. The predicted molar refractivity (Wildman–Crippen MR) is 157 cm³/mol. The molecule has 0 radical (unpaired) electrons. The molecule has 3 aromatic rings. The summed E-state index contributed by atoms with van der Waals surface area (Å²) in [6, 6.07) is 13.8. The molecule has 2 aromatic carbocycles. The molecule has 2 heterocycles. The zero-order valence-corrected chi connectivity index (χ0v) is 24.9. The number of aliphatic hydroxyl groups excluding tert-OH is 1. The fraction of sp³-hybridized carbons (Fsp3) is 0.357. The van der Waals surface area contributed by atoms with Gasteiger partial charge in [-0.15, -0.1) is 11.3 Å². The first-order chi connectivity index (χ1) is 19.5. The first-order valence-corrected chi connectivity index (χ1v) is 15.3. The molecular weight excluding hydrogens is 568 g/mol. The second kappa shape index (κ2) is 12.8. The number of carbonyl (C=O) groups excluding carboxylic acids is 2. The number of amides is 3. The van der Waals surface area contributed by atoms with Crippen LogP contribution < -0.4 is 19.5 Å². The van der Waals surface area contributed by atoms with Crippen LogP contribution >= 0.6 is 11.3 Å². The van der Waals surface area contributed by atoms with Crippen LogP contribution in [-0.4, -0.2) is 81.3 Å². The van der Waals surface area contributed by atoms with Crippen molar-refractivity contribution in [1.82, 2.24) is 9.80 Å². The van der Waals surface area contributed by atoms with E-state index in [0.717, 1.165) is 11.3 Å². The number of urea groups is 1. The molecule has 4 rings (SSSR count). The second-order valence-electron chi connectivity index (χ2n) is 9.88. The lowest BCUT2D eigenvalue weighted by molar-refractivity contribution is 0.0373. The summed E-state index contributed by atoms with van der Waals surface area (Å²) < 4.78 is 40.4. The number of nitrogens with one attached hydrogen (secondary N) is 2. The topological polar surface area (TPSA) is 138 Å². The number of ether oxygens (including phenoxy) is 2. The van der Waals surface area contributed by atoms with Crippen molar-refractivity contribution in [2.75, 3.05) is 43.9 Å². The third-order valence-electron chi connectivity index (χ3n) is 6.84. The summed E-state index contributed by atoms with van der Waals surface area (Å²) in [6.07, 6.45) is -0.630. The van der Waals surface area contributed by atoms with Gasteiger partial charge in [-0.25, -0.2) is 13.2 Å². The lowest BCUT2D eigenvalue weighted by Gasteiger charge is -2.38. The van der Waals surface area contributed by atoms with E-state index >= 15 is 0 Å². The summed E-state index contributed by atoms with van der Waals surface area (Å²) in [5.41, 5.74) is 0.836. The Morgan fingerprint density at radius 1 is 1.22 bits per heavy atom. The van der Waals surface area contributed by atoms with Gasteiger partial charge in [-0.2, -0.15) is 0 Å². The average Bonchev–Trinajstić information content (AvgIpc) is 3.51. The molecule has 0 saturated heterocycles. The maximum Gasteiger partial charge on any atom is 0.321 e.